The molecule has 1 aliphatic rings. The van der Waals surface area contributed by atoms with Crippen LogP contribution in [-0.4, -0.2) is 59.5 Å². The average Bonchev–Trinajstić information content (AvgIpc) is 3.10. The summed E-state index contributed by atoms with van der Waals surface area (Å²) in [7, 11) is 5.89. The number of rotatable bonds is 6. The fourth-order valence-electron chi connectivity index (χ4n) is 4.58. The van der Waals surface area contributed by atoms with Gasteiger partial charge in [-0.1, -0.05) is 18.2 Å². The molecule has 4 aromatic rings. The molecule has 33 heavy (non-hydrogen) atoms. The lowest BCUT2D eigenvalue weighted by atomic mass is 10.0. The van der Waals surface area contributed by atoms with Gasteiger partial charge in [-0.15, -0.1) is 0 Å². The number of hydrogen-bond acceptors (Lipinski definition) is 5. The first-order chi connectivity index (χ1) is 16.0. The summed E-state index contributed by atoms with van der Waals surface area (Å²) in [4.78, 5) is 19.9. The summed E-state index contributed by atoms with van der Waals surface area (Å²) < 4.78 is 15.1. The quantitative estimate of drug-likeness (QED) is 0.450. The molecule has 0 saturated carbocycles. The van der Waals surface area contributed by atoms with Crippen LogP contribution in [-0.2, 0) is 11.8 Å². The van der Waals surface area contributed by atoms with E-state index in [1.165, 1.54) is 0 Å². The van der Waals surface area contributed by atoms with E-state index in [-0.39, 0.29) is 11.7 Å². The number of likely N-dealkylation sites (N-methyl/N-ethyl adjacent to an activating group) is 1. The van der Waals surface area contributed by atoms with Crippen molar-refractivity contribution in [2.75, 3.05) is 40.5 Å². The largest absolute Gasteiger partial charge is 0.492 e. The lowest BCUT2D eigenvalue weighted by molar-refractivity contribution is 0.0697. The first-order valence-electron chi connectivity index (χ1n) is 11.5. The zero-order valence-corrected chi connectivity index (χ0v) is 19.5. The van der Waals surface area contributed by atoms with Crippen LogP contribution in [0.25, 0.3) is 33.1 Å². The third-order valence-corrected chi connectivity index (χ3v) is 6.47. The van der Waals surface area contributed by atoms with Gasteiger partial charge < -0.3 is 14.4 Å². The van der Waals surface area contributed by atoms with Crippen molar-refractivity contribution >= 4 is 21.9 Å². The van der Waals surface area contributed by atoms with Crippen LogP contribution in [0, 0.1) is 0 Å². The van der Waals surface area contributed by atoms with Gasteiger partial charge in [-0.3, -0.25) is 14.1 Å². The number of pyridine rings is 1. The van der Waals surface area contributed by atoms with Crippen LogP contribution in [0.4, 0.5) is 0 Å². The summed E-state index contributed by atoms with van der Waals surface area (Å²) in [6.45, 7) is 2.90. The topological polar surface area (TPSA) is 61.5 Å². The predicted molar refractivity (Wildman–Crippen MR) is 131 cm³/mol. The first kappa shape index (κ1) is 21.7. The molecule has 1 fully saturated rings. The molecule has 0 radical (unpaired) electrons. The lowest BCUT2D eigenvalue weighted by Gasteiger charge is -2.23. The smallest absolute Gasteiger partial charge is 0.329 e. The highest BCUT2D eigenvalue weighted by atomic mass is 16.5. The summed E-state index contributed by atoms with van der Waals surface area (Å²) in [6.07, 6.45) is 3.50. The summed E-state index contributed by atoms with van der Waals surface area (Å²) in [6, 6.07) is 14.6. The number of hydrogen-bond donors (Lipinski definition) is 0. The van der Waals surface area contributed by atoms with Crippen molar-refractivity contribution in [3.8, 4) is 16.9 Å². The third-order valence-electron chi connectivity index (χ3n) is 6.47. The number of aryl methyl sites for hydroxylation is 1. The Morgan fingerprint density at radius 1 is 1.09 bits per heavy atom. The molecule has 0 spiro atoms. The Kier molecular flexibility index (Phi) is 5.91. The maximum absolute atomic E-state index is 13.2. The van der Waals surface area contributed by atoms with E-state index in [1.54, 1.807) is 4.57 Å². The summed E-state index contributed by atoms with van der Waals surface area (Å²) >= 11 is 0. The molecule has 0 bridgehead atoms. The number of ether oxygens (including phenoxy) is 2. The van der Waals surface area contributed by atoms with Gasteiger partial charge in [-0.25, -0.2) is 4.79 Å². The SMILES string of the molecule is CN(C)CCOc1ccc(-c2ccc3ncc4c(c3c2)n(C2CCOCC2)c(=O)n4C)cc1. The van der Waals surface area contributed by atoms with Crippen molar-refractivity contribution in [3.63, 3.8) is 0 Å². The van der Waals surface area contributed by atoms with Crippen molar-refractivity contribution in [3.05, 3.63) is 59.1 Å². The molecule has 1 saturated heterocycles. The van der Waals surface area contributed by atoms with Gasteiger partial charge in [0.25, 0.3) is 0 Å². The third kappa shape index (κ3) is 4.14. The highest BCUT2D eigenvalue weighted by Crippen LogP contribution is 2.32. The van der Waals surface area contributed by atoms with Crippen LogP contribution in [0.5, 0.6) is 5.75 Å². The van der Waals surface area contributed by atoms with Crippen molar-refractivity contribution in [1.82, 2.24) is 19.0 Å². The summed E-state index contributed by atoms with van der Waals surface area (Å²) in [5.74, 6) is 0.863. The van der Waals surface area contributed by atoms with Crippen LogP contribution >= 0.6 is 0 Å². The zero-order chi connectivity index (χ0) is 22.9. The van der Waals surface area contributed by atoms with Gasteiger partial charge in [0.1, 0.15) is 12.4 Å². The Morgan fingerprint density at radius 3 is 2.55 bits per heavy atom. The van der Waals surface area contributed by atoms with E-state index in [4.69, 9.17) is 9.47 Å². The van der Waals surface area contributed by atoms with Gasteiger partial charge in [0.2, 0.25) is 0 Å². The Labute approximate surface area is 193 Å². The normalized spacial score (nSPS) is 15.0. The van der Waals surface area contributed by atoms with Crippen LogP contribution in [0.2, 0.25) is 0 Å². The first-order valence-corrected chi connectivity index (χ1v) is 11.5. The minimum atomic E-state index is 0.0100. The van der Waals surface area contributed by atoms with Gasteiger partial charge in [-0.05, 0) is 62.3 Å². The van der Waals surface area contributed by atoms with Crippen LogP contribution in [0.1, 0.15) is 18.9 Å². The molecular weight excluding hydrogens is 416 g/mol. The fraction of sp³-hybridized carbons (Fsp3) is 0.385. The van der Waals surface area contributed by atoms with Gasteiger partial charge in [0.05, 0.1) is 22.7 Å². The molecule has 0 N–H and O–H groups in total. The van der Waals surface area contributed by atoms with Gasteiger partial charge in [-0.2, -0.15) is 0 Å². The van der Waals surface area contributed by atoms with Crippen LogP contribution < -0.4 is 10.4 Å². The van der Waals surface area contributed by atoms with Crippen molar-refractivity contribution < 1.29 is 9.47 Å². The molecule has 0 amide bonds. The van der Waals surface area contributed by atoms with E-state index in [9.17, 15) is 4.79 Å². The highest BCUT2D eigenvalue weighted by molar-refractivity contribution is 6.04. The van der Waals surface area contributed by atoms with Crippen molar-refractivity contribution in [2.45, 2.75) is 18.9 Å². The van der Waals surface area contributed by atoms with Crippen molar-refractivity contribution in [1.29, 1.82) is 0 Å². The fourth-order valence-corrected chi connectivity index (χ4v) is 4.58. The standard InChI is InChI=1S/C26H30N4O3/c1-28(2)12-15-33-21-7-4-18(5-8-21)19-6-9-23-22(16-19)25-24(17-27-23)29(3)26(31)30(25)20-10-13-32-14-11-20/h4-9,16-17,20H,10-15H2,1-3H3. The Balaban J connectivity index is 1.56. The number of aromatic nitrogens is 3. The molecular formula is C26H30N4O3. The van der Waals surface area contributed by atoms with E-state index in [0.29, 0.717) is 19.8 Å². The zero-order valence-electron chi connectivity index (χ0n) is 19.5. The van der Waals surface area contributed by atoms with Gasteiger partial charge in [0.15, 0.2) is 0 Å². The monoisotopic (exact) mass is 446 g/mol. The number of imidazole rings is 1. The van der Waals surface area contributed by atoms with E-state index in [2.05, 4.69) is 34.1 Å². The van der Waals surface area contributed by atoms with E-state index in [0.717, 1.165) is 58.2 Å². The maximum Gasteiger partial charge on any atom is 0.329 e. The molecule has 1 aliphatic heterocycles. The molecule has 7 nitrogen and oxygen atoms in total. The molecule has 7 heteroatoms. The molecule has 172 valence electrons. The average molecular weight is 447 g/mol. The van der Waals surface area contributed by atoms with Gasteiger partial charge in [0, 0.05) is 38.2 Å². The minimum absolute atomic E-state index is 0.0100. The minimum Gasteiger partial charge on any atom is -0.492 e. The molecule has 3 heterocycles. The number of fused-ring (bicyclic) bond motifs is 3. The molecule has 0 aliphatic carbocycles. The second-order valence-corrected chi connectivity index (χ2v) is 8.96. The van der Waals surface area contributed by atoms with Crippen molar-refractivity contribution in [2.24, 2.45) is 7.05 Å². The number of benzene rings is 2. The van der Waals surface area contributed by atoms with E-state index >= 15 is 0 Å². The lowest BCUT2D eigenvalue weighted by Crippen LogP contribution is -2.29. The highest BCUT2D eigenvalue weighted by Gasteiger charge is 2.23. The predicted octanol–water partition coefficient (Wildman–Crippen LogP) is 3.85. The Hall–Kier alpha value is -3.16. The van der Waals surface area contributed by atoms with Gasteiger partial charge >= 0.3 is 5.69 Å². The number of nitrogens with zero attached hydrogens (tertiary/aromatic N) is 4. The molecule has 0 unspecified atom stereocenters. The molecule has 2 aromatic carbocycles. The Morgan fingerprint density at radius 2 is 1.82 bits per heavy atom. The maximum atomic E-state index is 13.2. The van der Waals surface area contributed by atoms with E-state index < -0.39 is 0 Å². The molecule has 0 atom stereocenters. The molecule has 2 aromatic heterocycles. The molecule has 5 rings (SSSR count). The second-order valence-electron chi connectivity index (χ2n) is 8.96. The Bertz CT molecular complexity index is 1330. The van der Waals surface area contributed by atoms with Crippen LogP contribution in [0.3, 0.4) is 0 Å². The van der Waals surface area contributed by atoms with Crippen LogP contribution in [0.15, 0.2) is 53.5 Å². The van der Waals surface area contributed by atoms with E-state index in [1.807, 2.05) is 50.1 Å². The summed E-state index contributed by atoms with van der Waals surface area (Å²) in [5.41, 5.74) is 4.92. The summed E-state index contributed by atoms with van der Waals surface area (Å²) in [5, 5.41) is 1.00. The second kappa shape index (κ2) is 9.00.